The third-order valence-electron chi connectivity index (χ3n) is 3.50. The van der Waals surface area contributed by atoms with Crippen molar-refractivity contribution in [3.8, 4) is 22.9 Å². The molecule has 0 fully saturated rings. The number of sulfone groups is 1. The zero-order valence-electron chi connectivity index (χ0n) is 14.7. The van der Waals surface area contributed by atoms with E-state index in [-0.39, 0.29) is 16.7 Å². The molecular weight excluding hydrogens is 453 g/mol. The van der Waals surface area contributed by atoms with E-state index in [1.54, 1.807) is 0 Å². The number of carbonyl (C=O) groups excluding carboxylic acids is 1. The van der Waals surface area contributed by atoms with E-state index in [0.29, 0.717) is 10.6 Å². The van der Waals surface area contributed by atoms with Crippen LogP contribution in [0.1, 0.15) is 12.8 Å². The summed E-state index contributed by atoms with van der Waals surface area (Å²) in [6.07, 6.45) is 2.99. The summed E-state index contributed by atoms with van der Waals surface area (Å²) < 4.78 is 60.3. The van der Waals surface area contributed by atoms with Gasteiger partial charge in [-0.3, -0.25) is 9.69 Å². The third kappa shape index (κ3) is 6.95. The first-order valence-corrected chi connectivity index (χ1v) is 11.0. The van der Waals surface area contributed by atoms with Crippen LogP contribution in [0.25, 0.3) is 10.6 Å². The molecule has 7 nitrogen and oxygen atoms in total. The van der Waals surface area contributed by atoms with E-state index in [1.165, 1.54) is 18.7 Å². The average Bonchev–Trinajstić information content (AvgIpc) is 3.04. The molecule has 0 spiro atoms. The highest BCUT2D eigenvalue weighted by atomic mass is 35.5. The van der Waals surface area contributed by atoms with Gasteiger partial charge in [0.15, 0.2) is 15.0 Å². The quantitative estimate of drug-likeness (QED) is 0.555. The lowest BCUT2D eigenvalue weighted by molar-refractivity contribution is -0.129. The maximum atomic E-state index is 12.5. The Morgan fingerprint density at radius 3 is 2.52 bits per heavy atom. The predicted octanol–water partition coefficient (Wildman–Crippen LogP) is 2.98. The molecule has 0 aliphatic carbocycles. The van der Waals surface area contributed by atoms with Gasteiger partial charge in [-0.15, -0.1) is 6.42 Å². The van der Waals surface area contributed by atoms with Gasteiger partial charge in [-0.1, -0.05) is 28.9 Å². The molecule has 156 valence electrons. The van der Waals surface area contributed by atoms with Crippen LogP contribution in [-0.4, -0.2) is 53.5 Å². The number of terminal acetylenes is 1. The van der Waals surface area contributed by atoms with Crippen LogP contribution in [-0.2, 0) is 14.6 Å². The molecule has 0 unspecified atom stereocenters. The summed E-state index contributed by atoms with van der Waals surface area (Å²) in [7, 11) is -4.07. The molecule has 0 saturated carbocycles. The van der Waals surface area contributed by atoms with Gasteiger partial charge in [0.05, 0.1) is 24.5 Å². The van der Waals surface area contributed by atoms with Crippen LogP contribution in [0.3, 0.4) is 0 Å². The number of hydrogen-bond acceptors (Lipinski definition) is 7. The van der Waals surface area contributed by atoms with Gasteiger partial charge in [0, 0.05) is 24.4 Å². The minimum absolute atomic E-state index is 0.0302. The number of alkyl halides is 3. The summed E-state index contributed by atoms with van der Waals surface area (Å²) in [5, 5.41) is 0.580. The number of nitrogens with zero attached hydrogens (tertiary/aromatic N) is 4. The molecule has 29 heavy (non-hydrogen) atoms. The molecule has 0 aliphatic rings. The maximum Gasteiger partial charge on any atom is 0.390 e. The van der Waals surface area contributed by atoms with Gasteiger partial charge in [0.2, 0.25) is 5.91 Å². The summed E-state index contributed by atoms with van der Waals surface area (Å²) >= 11 is 7.14. The molecule has 0 aliphatic heterocycles. The third-order valence-corrected chi connectivity index (χ3v) is 6.65. The number of rotatable bonds is 8. The van der Waals surface area contributed by atoms with Crippen molar-refractivity contribution in [2.24, 2.45) is 0 Å². The van der Waals surface area contributed by atoms with Crippen LogP contribution < -0.4 is 4.90 Å². The fraction of sp³-hybridized carbons (Fsp3) is 0.375. The second-order valence-electron chi connectivity index (χ2n) is 5.69. The number of hydrogen-bond donors (Lipinski definition) is 0. The molecule has 2 rings (SSSR count). The molecule has 0 saturated heterocycles. The van der Waals surface area contributed by atoms with E-state index in [1.807, 2.05) is 0 Å². The lowest BCUT2D eigenvalue weighted by Crippen LogP contribution is -2.32. The molecule has 2 aromatic rings. The second kappa shape index (κ2) is 9.51. The van der Waals surface area contributed by atoms with Crippen molar-refractivity contribution >= 4 is 43.7 Å². The topological polar surface area (TPSA) is 93.1 Å². The van der Waals surface area contributed by atoms with Gasteiger partial charge >= 0.3 is 6.18 Å². The van der Waals surface area contributed by atoms with Crippen molar-refractivity contribution in [2.75, 3.05) is 23.0 Å². The molecule has 0 bridgehead atoms. The standard InChI is InChI=1S/C16H14ClF3N4O3S2/c1-2-5-24(12(25)3-6-29(26,27)7-4-16(18,19)20)15-13(17)23-14(28-15)11-8-21-10-22-9-11/h1,8-10H,3-7H2. The summed E-state index contributed by atoms with van der Waals surface area (Å²) in [6, 6.07) is 0. The number of amides is 1. The van der Waals surface area contributed by atoms with E-state index in [0.717, 1.165) is 16.2 Å². The number of anilines is 1. The van der Waals surface area contributed by atoms with Crippen LogP contribution in [0.4, 0.5) is 18.2 Å². The smallest absolute Gasteiger partial charge is 0.289 e. The second-order valence-corrected chi connectivity index (χ2v) is 9.33. The van der Waals surface area contributed by atoms with E-state index in [2.05, 4.69) is 20.9 Å². The SMILES string of the molecule is C#CCN(C(=O)CCS(=O)(=O)CCC(F)(F)F)c1sc(-c2cncnc2)nc1Cl. The van der Waals surface area contributed by atoms with Crippen molar-refractivity contribution in [1.29, 1.82) is 0 Å². The highest BCUT2D eigenvalue weighted by molar-refractivity contribution is 7.91. The Kier molecular flexibility index (Phi) is 7.56. The number of halogens is 4. The van der Waals surface area contributed by atoms with Gasteiger partial charge < -0.3 is 0 Å². The molecule has 0 radical (unpaired) electrons. The Balaban J connectivity index is 2.14. The van der Waals surface area contributed by atoms with Gasteiger partial charge in [-0.05, 0) is 0 Å². The van der Waals surface area contributed by atoms with E-state index in [9.17, 15) is 26.4 Å². The van der Waals surface area contributed by atoms with Crippen LogP contribution in [0.5, 0.6) is 0 Å². The van der Waals surface area contributed by atoms with Crippen molar-refractivity contribution in [3.63, 3.8) is 0 Å². The summed E-state index contributed by atoms with van der Waals surface area (Å²) in [6.45, 7) is -0.214. The molecule has 0 N–H and O–H groups in total. The Hall–Kier alpha value is -2.23. The minimum atomic E-state index is -4.60. The maximum absolute atomic E-state index is 12.5. The number of aromatic nitrogens is 3. The van der Waals surface area contributed by atoms with E-state index < -0.39 is 46.3 Å². The average molecular weight is 467 g/mol. The fourth-order valence-corrected chi connectivity index (χ4v) is 4.64. The first kappa shape index (κ1) is 23.1. The minimum Gasteiger partial charge on any atom is -0.289 e. The highest BCUT2D eigenvalue weighted by Gasteiger charge is 2.30. The molecular formula is C16H14ClF3N4O3S2. The normalized spacial score (nSPS) is 11.8. The van der Waals surface area contributed by atoms with Crippen LogP contribution >= 0.6 is 22.9 Å². The molecule has 2 heterocycles. The first-order chi connectivity index (χ1) is 13.5. The van der Waals surface area contributed by atoms with Crippen molar-refractivity contribution in [2.45, 2.75) is 19.0 Å². The van der Waals surface area contributed by atoms with Crippen molar-refractivity contribution < 1.29 is 26.4 Å². The van der Waals surface area contributed by atoms with Crippen molar-refractivity contribution in [3.05, 3.63) is 23.9 Å². The van der Waals surface area contributed by atoms with Crippen LogP contribution in [0, 0.1) is 12.3 Å². The molecule has 2 aromatic heterocycles. The largest absolute Gasteiger partial charge is 0.390 e. The monoisotopic (exact) mass is 466 g/mol. The van der Waals surface area contributed by atoms with Gasteiger partial charge in [-0.25, -0.2) is 23.4 Å². The zero-order chi connectivity index (χ0) is 21.7. The number of carbonyl (C=O) groups is 1. The lowest BCUT2D eigenvalue weighted by Gasteiger charge is -2.18. The molecule has 1 amide bonds. The van der Waals surface area contributed by atoms with Crippen molar-refractivity contribution in [1.82, 2.24) is 15.0 Å². The number of thiazole rings is 1. The Morgan fingerprint density at radius 1 is 1.28 bits per heavy atom. The van der Waals surface area contributed by atoms with Gasteiger partial charge in [0.25, 0.3) is 0 Å². The molecule has 0 aromatic carbocycles. The summed E-state index contributed by atoms with van der Waals surface area (Å²) in [5.41, 5.74) is 0.550. The predicted molar refractivity (Wildman–Crippen MR) is 103 cm³/mol. The lowest BCUT2D eigenvalue weighted by atomic mass is 10.4. The first-order valence-electron chi connectivity index (χ1n) is 7.95. The molecule has 13 heteroatoms. The van der Waals surface area contributed by atoms with Gasteiger partial charge in [0.1, 0.15) is 16.3 Å². The summed E-state index contributed by atoms with van der Waals surface area (Å²) in [4.78, 5) is 25.4. The molecule has 0 atom stereocenters. The highest BCUT2D eigenvalue weighted by Crippen LogP contribution is 2.37. The fourth-order valence-electron chi connectivity index (χ4n) is 2.11. The Bertz CT molecular complexity index is 1000. The van der Waals surface area contributed by atoms with E-state index >= 15 is 0 Å². The van der Waals surface area contributed by atoms with Crippen LogP contribution in [0.2, 0.25) is 5.15 Å². The van der Waals surface area contributed by atoms with Gasteiger partial charge in [-0.2, -0.15) is 13.2 Å². The Morgan fingerprint density at radius 2 is 1.93 bits per heavy atom. The van der Waals surface area contributed by atoms with Crippen LogP contribution in [0.15, 0.2) is 18.7 Å². The Labute approximate surface area is 173 Å². The van der Waals surface area contributed by atoms with E-state index in [4.69, 9.17) is 18.0 Å². The summed E-state index contributed by atoms with van der Waals surface area (Å²) in [5.74, 6) is -0.249. The zero-order valence-corrected chi connectivity index (χ0v) is 17.1.